The molecule has 2 rings (SSSR count). The molecule has 1 amide bonds. The predicted molar refractivity (Wildman–Crippen MR) is 92.4 cm³/mol. The van der Waals surface area contributed by atoms with Gasteiger partial charge in [0.2, 0.25) is 0 Å². The highest BCUT2D eigenvalue weighted by molar-refractivity contribution is 5.94. The van der Waals surface area contributed by atoms with E-state index in [-0.39, 0.29) is 5.91 Å². The molecule has 0 saturated carbocycles. The van der Waals surface area contributed by atoms with Crippen LogP contribution in [0.15, 0.2) is 42.6 Å². The Morgan fingerprint density at radius 1 is 1.30 bits per heavy atom. The molecule has 0 radical (unpaired) electrons. The SMILES string of the molecule is CCCCN(C)C(=O)c1ccnc(Nc2ccccc2OC)c1. The van der Waals surface area contributed by atoms with Crippen LogP contribution in [0.4, 0.5) is 11.5 Å². The van der Waals surface area contributed by atoms with Crippen LogP contribution in [-0.4, -0.2) is 36.5 Å². The number of carbonyl (C=O) groups excluding carboxylic acids is 1. The number of rotatable bonds is 7. The van der Waals surface area contributed by atoms with Crippen molar-refractivity contribution < 1.29 is 9.53 Å². The van der Waals surface area contributed by atoms with Crippen LogP contribution in [0.2, 0.25) is 0 Å². The maximum absolute atomic E-state index is 12.4. The molecule has 0 bridgehead atoms. The van der Waals surface area contributed by atoms with Crippen LogP contribution in [0.1, 0.15) is 30.1 Å². The zero-order chi connectivity index (χ0) is 16.7. The number of nitrogens with one attached hydrogen (secondary N) is 1. The molecule has 1 aromatic heterocycles. The number of aromatic nitrogens is 1. The number of carbonyl (C=O) groups is 1. The molecule has 1 aromatic carbocycles. The fraction of sp³-hybridized carbons (Fsp3) is 0.333. The number of nitrogens with zero attached hydrogens (tertiary/aromatic N) is 2. The average Bonchev–Trinajstić information content (AvgIpc) is 2.59. The van der Waals surface area contributed by atoms with Crippen molar-refractivity contribution in [3.8, 4) is 5.75 Å². The summed E-state index contributed by atoms with van der Waals surface area (Å²) < 4.78 is 5.31. The Labute approximate surface area is 137 Å². The van der Waals surface area contributed by atoms with E-state index in [0.717, 1.165) is 30.8 Å². The van der Waals surface area contributed by atoms with Gasteiger partial charge < -0.3 is 15.0 Å². The first kappa shape index (κ1) is 16.8. The minimum atomic E-state index is 0.00364. The van der Waals surface area contributed by atoms with Gasteiger partial charge in [-0.1, -0.05) is 25.5 Å². The lowest BCUT2D eigenvalue weighted by atomic mass is 10.2. The van der Waals surface area contributed by atoms with Crippen molar-refractivity contribution in [1.82, 2.24) is 9.88 Å². The van der Waals surface area contributed by atoms with Gasteiger partial charge in [-0.3, -0.25) is 4.79 Å². The van der Waals surface area contributed by atoms with Crippen molar-refractivity contribution in [3.63, 3.8) is 0 Å². The van der Waals surface area contributed by atoms with E-state index in [2.05, 4.69) is 17.2 Å². The molecule has 122 valence electrons. The largest absolute Gasteiger partial charge is 0.495 e. The molecule has 0 unspecified atom stereocenters. The van der Waals surface area contributed by atoms with Crippen molar-refractivity contribution in [2.75, 3.05) is 26.0 Å². The maximum Gasteiger partial charge on any atom is 0.253 e. The topological polar surface area (TPSA) is 54.5 Å². The van der Waals surface area contributed by atoms with Crippen LogP contribution in [0.3, 0.4) is 0 Å². The lowest BCUT2D eigenvalue weighted by molar-refractivity contribution is 0.0793. The molecule has 2 aromatic rings. The summed E-state index contributed by atoms with van der Waals surface area (Å²) in [7, 11) is 3.45. The normalized spacial score (nSPS) is 10.2. The zero-order valence-electron chi connectivity index (χ0n) is 13.9. The summed E-state index contributed by atoms with van der Waals surface area (Å²) in [6.45, 7) is 2.87. The molecule has 0 fully saturated rings. The van der Waals surface area contributed by atoms with Crippen LogP contribution in [0.25, 0.3) is 0 Å². The fourth-order valence-corrected chi connectivity index (χ4v) is 2.24. The summed E-state index contributed by atoms with van der Waals surface area (Å²) in [4.78, 5) is 18.4. The van der Waals surface area contributed by atoms with Gasteiger partial charge in [-0.15, -0.1) is 0 Å². The number of para-hydroxylation sites is 2. The third-order valence-electron chi connectivity index (χ3n) is 3.57. The summed E-state index contributed by atoms with van der Waals surface area (Å²) in [5.74, 6) is 1.35. The van der Waals surface area contributed by atoms with Gasteiger partial charge >= 0.3 is 0 Å². The minimum absolute atomic E-state index is 0.00364. The average molecular weight is 313 g/mol. The van der Waals surface area contributed by atoms with Gasteiger partial charge in [0.05, 0.1) is 12.8 Å². The molecule has 1 N–H and O–H groups in total. The van der Waals surface area contributed by atoms with Crippen LogP contribution in [0, 0.1) is 0 Å². The molecule has 23 heavy (non-hydrogen) atoms. The van der Waals surface area contributed by atoms with Crippen molar-refractivity contribution >= 4 is 17.4 Å². The second-order valence-electron chi connectivity index (χ2n) is 5.34. The van der Waals surface area contributed by atoms with Gasteiger partial charge in [-0.25, -0.2) is 4.98 Å². The first-order valence-corrected chi connectivity index (χ1v) is 7.77. The van der Waals surface area contributed by atoms with Crippen molar-refractivity contribution in [2.45, 2.75) is 19.8 Å². The molecule has 0 saturated heterocycles. The molecule has 0 atom stereocenters. The summed E-state index contributed by atoms with van der Waals surface area (Å²) >= 11 is 0. The number of amides is 1. The molecular formula is C18H23N3O2. The summed E-state index contributed by atoms with van der Waals surface area (Å²) in [6, 6.07) is 11.1. The van der Waals surface area contributed by atoms with Gasteiger partial charge in [0.25, 0.3) is 5.91 Å². The van der Waals surface area contributed by atoms with Crippen molar-refractivity contribution in [2.24, 2.45) is 0 Å². The first-order chi connectivity index (χ1) is 11.2. The van der Waals surface area contributed by atoms with Gasteiger partial charge in [0.15, 0.2) is 0 Å². The molecule has 5 heteroatoms. The van der Waals surface area contributed by atoms with E-state index in [1.807, 2.05) is 31.3 Å². The van der Waals surface area contributed by atoms with E-state index in [1.165, 1.54) is 0 Å². The Hall–Kier alpha value is -2.56. The van der Waals surface area contributed by atoms with E-state index < -0.39 is 0 Å². The monoisotopic (exact) mass is 313 g/mol. The molecular weight excluding hydrogens is 290 g/mol. The summed E-state index contributed by atoms with van der Waals surface area (Å²) in [5.41, 5.74) is 1.43. The lowest BCUT2D eigenvalue weighted by Crippen LogP contribution is -2.27. The van der Waals surface area contributed by atoms with E-state index in [0.29, 0.717) is 11.4 Å². The first-order valence-electron chi connectivity index (χ1n) is 7.77. The highest BCUT2D eigenvalue weighted by Gasteiger charge is 2.12. The third-order valence-corrected chi connectivity index (χ3v) is 3.57. The van der Waals surface area contributed by atoms with E-state index in [4.69, 9.17) is 4.74 Å². The van der Waals surface area contributed by atoms with Gasteiger partial charge in [-0.05, 0) is 30.7 Å². The lowest BCUT2D eigenvalue weighted by Gasteiger charge is -2.17. The maximum atomic E-state index is 12.4. The Bertz CT molecular complexity index is 658. The number of ether oxygens (including phenoxy) is 1. The summed E-state index contributed by atoms with van der Waals surface area (Å²) in [6.07, 6.45) is 3.70. The molecule has 5 nitrogen and oxygen atoms in total. The Kier molecular flexibility index (Phi) is 5.97. The number of unbranched alkanes of at least 4 members (excludes halogenated alkanes) is 1. The van der Waals surface area contributed by atoms with E-state index in [1.54, 1.807) is 30.3 Å². The summed E-state index contributed by atoms with van der Waals surface area (Å²) in [5, 5.41) is 3.19. The Balaban J connectivity index is 2.15. The van der Waals surface area contributed by atoms with E-state index >= 15 is 0 Å². The van der Waals surface area contributed by atoms with Gasteiger partial charge in [-0.2, -0.15) is 0 Å². The quantitative estimate of drug-likeness (QED) is 0.846. The highest BCUT2D eigenvalue weighted by atomic mass is 16.5. The molecule has 1 heterocycles. The third kappa shape index (κ3) is 4.45. The van der Waals surface area contributed by atoms with E-state index in [9.17, 15) is 4.79 Å². The zero-order valence-corrected chi connectivity index (χ0v) is 13.9. The number of benzene rings is 1. The van der Waals surface area contributed by atoms with Crippen LogP contribution >= 0.6 is 0 Å². The molecule has 0 aliphatic heterocycles. The fourth-order valence-electron chi connectivity index (χ4n) is 2.24. The smallest absolute Gasteiger partial charge is 0.253 e. The van der Waals surface area contributed by atoms with Crippen molar-refractivity contribution in [1.29, 1.82) is 0 Å². The molecule has 0 spiro atoms. The highest BCUT2D eigenvalue weighted by Crippen LogP contribution is 2.26. The number of hydrogen-bond acceptors (Lipinski definition) is 4. The number of anilines is 2. The van der Waals surface area contributed by atoms with Crippen molar-refractivity contribution in [3.05, 3.63) is 48.2 Å². The second kappa shape index (κ2) is 8.17. The second-order valence-corrected chi connectivity index (χ2v) is 5.34. The number of hydrogen-bond donors (Lipinski definition) is 1. The van der Waals surface area contributed by atoms with Crippen LogP contribution < -0.4 is 10.1 Å². The van der Waals surface area contributed by atoms with Crippen LogP contribution in [-0.2, 0) is 0 Å². The minimum Gasteiger partial charge on any atom is -0.495 e. The van der Waals surface area contributed by atoms with Crippen LogP contribution in [0.5, 0.6) is 5.75 Å². The number of pyridine rings is 1. The standard InChI is InChI=1S/C18H23N3O2/c1-4-5-12-21(2)18(22)14-10-11-19-17(13-14)20-15-8-6-7-9-16(15)23-3/h6-11,13H,4-5,12H2,1-3H3,(H,19,20). The Morgan fingerprint density at radius 2 is 2.09 bits per heavy atom. The number of methoxy groups -OCH3 is 1. The molecule has 0 aliphatic carbocycles. The van der Waals surface area contributed by atoms with Gasteiger partial charge in [0.1, 0.15) is 11.6 Å². The van der Waals surface area contributed by atoms with Gasteiger partial charge in [0, 0.05) is 25.4 Å². The predicted octanol–water partition coefficient (Wildman–Crippen LogP) is 3.71. The Morgan fingerprint density at radius 3 is 2.83 bits per heavy atom. The molecule has 0 aliphatic rings.